The number of benzene rings is 4. The molecule has 3 atom stereocenters. The van der Waals surface area contributed by atoms with E-state index in [1.54, 1.807) is 12.1 Å². The Morgan fingerprint density at radius 2 is 1.05 bits per heavy atom. The van der Waals surface area contributed by atoms with Crippen molar-refractivity contribution in [1.29, 1.82) is 0 Å². The van der Waals surface area contributed by atoms with Crippen LogP contribution >= 0.6 is 0 Å². The van der Waals surface area contributed by atoms with Crippen molar-refractivity contribution in [3.8, 4) is 28.7 Å². The highest BCUT2D eigenvalue weighted by Gasteiger charge is 2.07. The van der Waals surface area contributed by atoms with E-state index < -0.39 is 0 Å². The second-order valence-electron chi connectivity index (χ2n) is 10.1. The molecule has 218 valence electrons. The molecule has 4 aromatic carbocycles. The molecule has 0 aliphatic rings. The molecule has 0 amide bonds. The zero-order valence-electron chi connectivity index (χ0n) is 25.0. The smallest absolute Gasteiger partial charge is 0.197 e. The number of ether oxygens (including phenoxy) is 4. The number of aromatic hydroxyl groups is 1. The fourth-order valence-corrected chi connectivity index (χ4v) is 3.98. The average molecular weight is 557 g/mol. The van der Waals surface area contributed by atoms with Gasteiger partial charge in [-0.05, 0) is 103 Å². The van der Waals surface area contributed by atoms with Gasteiger partial charge in [0.15, 0.2) is 6.29 Å². The summed E-state index contributed by atoms with van der Waals surface area (Å²) in [5.74, 6) is 4.66. The number of hydrogen-bond acceptors (Lipinski definition) is 5. The topological polar surface area (TPSA) is 57.2 Å². The molecule has 0 saturated heterocycles. The highest BCUT2D eigenvalue weighted by molar-refractivity contribution is 5.35. The van der Waals surface area contributed by atoms with Gasteiger partial charge in [0.1, 0.15) is 35.4 Å². The third kappa shape index (κ3) is 11.2. The summed E-state index contributed by atoms with van der Waals surface area (Å²) in [4.78, 5) is 0. The quantitative estimate of drug-likeness (QED) is 0.131. The Morgan fingerprint density at radius 1 is 0.561 bits per heavy atom. The number of rotatable bonds is 13. The maximum atomic E-state index is 9.01. The Hall–Kier alpha value is -3.96. The molecule has 4 rings (SSSR count). The molecule has 41 heavy (non-hydrogen) atoms. The van der Waals surface area contributed by atoms with Crippen LogP contribution in [0.3, 0.4) is 0 Å². The first kappa shape index (κ1) is 31.6. The molecule has 4 aromatic rings. The predicted molar refractivity (Wildman–Crippen MR) is 166 cm³/mol. The summed E-state index contributed by atoms with van der Waals surface area (Å²) in [5, 5.41) is 9.01. The van der Waals surface area contributed by atoms with Crippen LogP contribution in [0.1, 0.15) is 70.4 Å². The SMILES string of the molecule is CCC(C)c1ccc(O)cc1.CCC(C)c1ccc(OC(C)OCCOc2ccc(Oc3ccccc3)cc2)cc1. The fourth-order valence-electron chi connectivity index (χ4n) is 3.98. The molecular formula is C36H44O5. The van der Waals surface area contributed by atoms with Crippen molar-refractivity contribution >= 4 is 0 Å². The molecule has 0 saturated carbocycles. The van der Waals surface area contributed by atoms with Crippen LogP contribution in [-0.4, -0.2) is 24.6 Å². The van der Waals surface area contributed by atoms with Crippen molar-refractivity contribution in [3.63, 3.8) is 0 Å². The van der Waals surface area contributed by atoms with Crippen LogP contribution in [0.15, 0.2) is 103 Å². The molecule has 0 aliphatic carbocycles. The average Bonchev–Trinajstić information content (AvgIpc) is 3.01. The highest BCUT2D eigenvalue weighted by Crippen LogP contribution is 2.24. The van der Waals surface area contributed by atoms with Crippen LogP contribution < -0.4 is 14.2 Å². The van der Waals surface area contributed by atoms with Gasteiger partial charge in [0, 0.05) is 0 Å². The van der Waals surface area contributed by atoms with Gasteiger partial charge in [0.2, 0.25) is 0 Å². The van der Waals surface area contributed by atoms with Crippen LogP contribution in [-0.2, 0) is 4.74 Å². The van der Waals surface area contributed by atoms with E-state index >= 15 is 0 Å². The van der Waals surface area contributed by atoms with Crippen molar-refractivity contribution in [1.82, 2.24) is 0 Å². The van der Waals surface area contributed by atoms with Crippen LogP contribution in [0, 0.1) is 0 Å². The Balaban J connectivity index is 0.000000352. The van der Waals surface area contributed by atoms with Crippen molar-refractivity contribution in [3.05, 3.63) is 114 Å². The van der Waals surface area contributed by atoms with Gasteiger partial charge in [-0.25, -0.2) is 0 Å². The number of phenols is 1. The van der Waals surface area contributed by atoms with E-state index in [0.717, 1.165) is 35.8 Å². The van der Waals surface area contributed by atoms with E-state index in [1.807, 2.05) is 85.8 Å². The van der Waals surface area contributed by atoms with Crippen molar-refractivity contribution in [2.45, 2.75) is 65.6 Å². The Kier molecular flexibility index (Phi) is 13.1. The summed E-state index contributed by atoms with van der Waals surface area (Å²) in [6.07, 6.45) is 1.93. The normalized spacial score (nSPS) is 12.8. The Labute approximate surface area is 245 Å². The molecule has 0 heterocycles. The maximum Gasteiger partial charge on any atom is 0.197 e. The number of hydrogen-bond donors (Lipinski definition) is 1. The van der Waals surface area contributed by atoms with Crippen molar-refractivity contribution in [2.24, 2.45) is 0 Å². The van der Waals surface area contributed by atoms with E-state index in [2.05, 4.69) is 39.8 Å². The molecule has 5 heteroatoms. The van der Waals surface area contributed by atoms with Gasteiger partial charge in [0.25, 0.3) is 0 Å². The Bertz CT molecular complexity index is 1240. The summed E-state index contributed by atoms with van der Waals surface area (Å²) < 4.78 is 23.0. The minimum atomic E-state index is -0.343. The van der Waals surface area contributed by atoms with E-state index in [0.29, 0.717) is 30.8 Å². The highest BCUT2D eigenvalue weighted by atomic mass is 16.7. The van der Waals surface area contributed by atoms with E-state index in [4.69, 9.17) is 24.1 Å². The first-order chi connectivity index (χ1) is 19.9. The molecule has 0 fully saturated rings. The van der Waals surface area contributed by atoms with Crippen molar-refractivity contribution in [2.75, 3.05) is 13.2 Å². The summed E-state index contributed by atoms with van der Waals surface area (Å²) in [6, 6.07) is 32.9. The van der Waals surface area contributed by atoms with Gasteiger partial charge in [-0.3, -0.25) is 0 Å². The molecule has 0 bridgehead atoms. The summed E-state index contributed by atoms with van der Waals surface area (Å²) in [6.45, 7) is 11.5. The molecule has 0 radical (unpaired) electrons. The van der Waals surface area contributed by atoms with E-state index in [1.165, 1.54) is 11.1 Å². The largest absolute Gasteiger partial charge is 0.508 e. The second kappa shape index (κ2) is 17.0. The third-order valence-electron chi connectivity index (χ3n) is 6.95. The predicted octanol–water partition coefficient (Wildman–Crippen LogP) is 9.72. The van der Waals surface area contributed by atoms with Crippen LogP contribution in [0.5, 0.6) is 28.7 Å². The van der Waals surface area contributed by atoms with Crippen molar-refractivity contribution < 1.29 is 24.1 Å². The lowest BCUT2D eigenvalue weighted by molar-refractivity contribution is -0.0739. The zero-order chi connectivity index (χ0) is 29.5. The summed E-state index contributed by atoms with van der Waals surface area (Å²) >= 11 is 0. The molecule has 1 N–H and O–H groups in total. The molecule has 5 nitrogen and oxygen atoms in total. The minimum Gasteiger partial charge on any atom is -0.508 e. The van der Waals surface area contributed by atoms with Gasteiger partial charge in [-0.15, -0.1) is 0 Å². The fraction of sp³-hybridized carbons (Fsp3) is 0.333. The molecule has 0 spiro atoms. The van der Waals surface area contributed by atoms with E-state index in [-0.39, 0.29) is 6.29 Å². The molecule has 0 aliphatic heterocycles. The summed E-state index contributed by atoms with van der Waals surface area (Å²) in [5.41, 5.74) is 2.62. The lowest BCUT2D eigenvalue weighted by Crippen LogP contribution is -2.19. The number of para-hydroxylation sites is 1. The summed E-state index contributed by atoms with van der Waals surface area (Å²) in [7, 11) is 0. The van der Waals surface area contributed by atoms with Crippen LogP contribution in [0.25, 0.3) is 0 Å². The van der Waals surface area contributed by atoms with Gasteiger partial charge in [-0.1, -0.05) is 70.2 Å². The van der Waals surface area contributed by atoms with Crippen LogP contribution in [0.2, 0.25) is 0 Å². The maximum absolute atomic E-state index is 9.01. The van der Waals surface area contributed by atoms with Gasteiger partial charge in [-0.2, -0.15) is 0 Å². The number of phenolic OH excluding ortho intramolecular Hbond substituents is 1. The second-order valence-corrected chi connectivity index (χ2v) is 10.1. The first-order valence-electron chi connectivity index (χ1n) is 14.5. The standard InChI is InChI=1S/C26H30O4.C10H14O/c1-4-20(2)22-10-12-25(13-11-22)29-21(3)27-18-19-28-23-14-16-26(17-15-23)30-24-8-6-5-7-9-24;1-3-8(2)9-4-6-10(11)7-5-9/h5-17,20-21H,4,18-19H2,1-3H3;4-8,11H,3H2,1-2H3. The minimum absolute atomic E-state index is 0.343. The zero-order valence-corrected chi connectivity index (χ0v) is 25.0. The third-order valence-corrected chi connectivity index (χ3v) is 6.95. The Morgan fingerprint density at radius 3 is 1.61 bits per heavy atom. The van der Waals surface area contributed by atoms with Gasteiger partial charge >= 0.3 is 0 Å². The molecular weight excluding hydrogens is 512 g/mol. The van der Waals surface area contributed by atoms with Crippen LogP contribution in [0.4, 0.5) is 0 Å². The van der Waals surface area contributed by atoms with Gasteiger partial charge < -0.3 is 24.1 Å². The molecule has 0 aromatic heterocycles. The lowest BCUT2D eigenvalue weighted by Gasteiger charge is -2.17. The first-order valence-corrected chi connectivity index (χ1v) is 14.5. The lowest BCUT2D eigenvalue weighted by atomic mass is 9.99. The monoisotopic (exact) mass is 556 g/mol. The molecule has 3 unspecified atom stereocenters. The van der Waals surface area contributed by atoms with E-state index in [9.17, 15) is 0 Å². The van der Waals surface area contributed by atoms with Gasteiger partial charge in [0.05, 0.1) is 6.61 Å².